The van der Waals surface area contributed by atoms with Crippen LogP contribution < -0.4 is 0 Å². The molecule has 1 atom stereocenters. The van der Waals surface area contributed by atoms with Gasteiger partial charge in [-0.15, -0.1) is 0 Å². The van der Waals surface area contributed by atoms with Gasteiger partial charge in [-0.3, -0.25) is 14.4 Å². The maximum absolute atomic E-state index is 12.9. The van der Waals surface area contributed by atoms with Gasteiger partial charge in [-0.05, 0) is 148 Å². The van der Waals surface area contributed by atoms with Crippen LogP contribution in [0.2, 0.25) is 0 Å². The summed E-state index contributed by atoms with van der Waals surface area (Å²) in [5.41, 5.74) is 0. The van der Waals surface area contributed by atoms with Crippen molar-refractivity contribution in [2.45, 2.75) is 245 Å². The quantitative estimate of drug-likeness (QED) is 0.0261. The van der Waals surface area contributed by atoms with E-state index in [1.54, 1.807) is 0 Å². The smallest absolute Gasteiger partial charge is 0.306 e. The lowest BCUT2D eigenvalue weighted by atomic mass is 10.1. The van der Waals surface area contributed by atoms with Crippen LogP contribution in [0.15, 0.2) is 194 Å². The Kier molecular flexibility index (Phi) is 62.0. The number of ether oxygens (including phenoxy) is 3. The van der Waals surface area contributed by atoms with Crippen LogP contribution in [0.5, 0.6) is 0 Å². The van der Waals surface area contributed by atoms with Crippen LogP contribution in [0.3, 0.4) is 0 Å². The molecule has 0 saturated carbocycles. The Morgan fingerprint density at radius 1 is 0.247 bits per heavy atom. The standard InChI is InChI=1S/C75H114O6/c1-4-7-10-13-16-19-22-25-27-29-31-32-33-34-35-36-37-38-39-40-41-42-44-45-47-50-53-56-59-62-65-68-74(77)80-71-72(70-79-73(76)67-64-61-58-55-52-49-24-21-18-15-12-9-6-3)81-75(78)69-66-63-60-57-54-51-48-46-43-30-28-26-23-20-17-14-11-8-5-2/h7-12,16-21,25-28,31-32,34-35,37-38,40-41,43,46,49,51-52,54,60,63,72H,4-6,13-15,22-24,29-30,33,36,39,42,44-45,47-48,50,53,55-59,61-62,64-71H2,1-3H3/b10-7-,11-8-,12-9-,19-16-,20-17-,21-18-,27-25-,28-26-,32-31-,35-34-,38-37-,41-40-,46-43-,52-49-,54-51-,63-60-. The highest BCUT2D eigenvalue weighted by molar-refractivity contribution is 5.71. The second-order valence-corrected chi connectivity index (χ2v) is 20.2. The third-order valence-corrected chi connectivity index (χ3v) is 12.6. The Morgan fingerprint density at radius 2 is 0.469 bits per heavy atom. The molecule has 0 aromatic heterocycles. The van der Waals surface area contributed by atoms with Gasteiger partial charge >= 0.3 is 17.9 Å². The van der Waals surface area contributed by atoms with Crippen molar-refractivity contribution < 1.29 is 28.6 Å². The van der Waals surface area contributed by atoms with E-state index in [2.05, 4.69) is 203 Å². The fourth-order valence-electron chi connectivity index (χ4n) is 7.93. The molecule has 0 bridgehead atoms. The highest BCUT2D eigenvalue weighted by atomic mass is 16.6. The van der Waals surface area contributed by atoms with Crippen molar-refractivity contribution in [3.8, 4) is 0 Å². The summed E-state index contributed by atoms with van der Waals surface area (Å²) >= 11 is 0. The summed E-state index contributed by atoms with van der Waals surface area (Å²) in [6.07, 6.45) is 102. The summed E-state index contributed by atoms with van der Waals surface area (Å²) in [6, 6.07) is 0. The minimum absolute atomic E-state index is 0.131. The van der Waals surface area contributed by atoms with Gasteiger partial charge in [-0.2, -0.15) is 0 Å². The molecule has 0 aliphatic rings. The number of carbonyl (C=O) groups is 3. The molecule has 0 spiro atoms. The molecule has 0 rings (SSSR count). The molecular formula is C75H114O6. The zero-order valence-corrected chi connectivity index (χ0v) is 51.5. The summed E-state index contributed by atoms with van der Waals surface area (Å²) in [5.74, 6) is -1.06. The molecule has 6 nitrogen and oxygen atoms in total. The van der Waals surface area contributed by atoms with Crippen molar-refractivity contribution >= 4 is 17.9 Å². The van der Waals surface area contributed by atoms with E-state index >= 15 is 0 Å². The topological polar surface area (TPSA) is 78.9 Å². The summed E-state index contributed by atoms with van der Waals surface area (Å²) in [7, 11) is 0. The molecule has 0 aromatic rings. The monoisotopic (exact) mass is 1110 g/mol. The van der Waals surface area contributed by atoms with Crippen LogP contribution in [0.25, 0.3) is 0 Å². The molecular weight excluding hydrogens is 997 g/mol. The maximum atomic E-state index is 12.9. The predicted molar refractivity (Wildman–Crippen MR) is 352 cm³/mol. The molecule has 0 fully saturated rings. The summed E-state index contributed by atoms with van der Waals surface area (Å²) < 4.78 is 16.8. The second-order valence-electron chi connectivity index (χ2n) is 20.2. The van der Waals surface area contributed by atoms with Gasteiger partial charge in [0.05, 0.1) is 0 Å². The van der Waals surface area contributed by atoms with Crippen molar-refractivity contribution in [2.75, 3.05) is 13.2 Å². The minimum Gasteiger partial charge on any atom is -0.462 e. The fraction of sp³-hybridized carbons (Fsp3) is 0.533. The van der Waals surface area contributed by atoms with Crippen molar-refractivity contribution in [1.82, 2.24) is 0 Å². The molecule has 0 radical (unpaired) electrons. The normalized spacial score (nSPS) is 13.5. The van der Waals surface area contributed by atoms with E-state index in [0.717, 1.165) is 154 Å². The fourth-order valence-corrected chi connectivity index (χ4v) is 7.93. The van der Waals surface area contributed by atoms with E-state index in [4.69, 9.17) is 14.2 Å². The number of rotatable bonds is 55. The zero-order chi connectivity index (χ0) is 58.5. The van der Waals surface area contributed by atoms with Crippen molar-refractivity contribution in [3.63, 3.8) is 0 Å². The highest BCUT2D eigenvalue weighted by Crippen LogP contribution is 2.13. The largest absolute Gasteiger partial charge is 0.462 e. The predicted octanol–water partition coefficient (Wildman–Crippen LogP) is 22.2. The molecule has 6 heteroatoms. The number of carbonyl (C=O) groups excluding carboxylic acids is 3. The second kappa shape index (κ2) is 66.8. The SMILES string of the molecule is CC/C=C\C/C=C\C/C=C\C/C=C\C/C=C\C/C=C\C/C=C\CCCCCCCCCCCC(=O)OCC(COC(=O)CCCCC/C=C\C/C=C\C/C=C\CC)OC(=O)CC/C=C\C/C=C\C/C=C\C/C=C\C/C=C\C/C=C\CC. The third-order valence-electron chi connectivity index (χ3n) is 12.6. The Hall–Kier alpha value is -5.75. The minimum atomic E-state index is -0.845. The van der Waals surface area contributed by atoms with Gasteiger partial charge in [0.1, 0.15) is 13.2 Å². The van der Waals surface area contributed by atoms with E-state index in [1.807, 2.05) is 12.2 Å². The van der Waals surface area contributed by atoms with E-state index in [1.165, 1.54) is 38.5 Å². The van der Waals surface area contributed by atoms with E-state index in [9.17, 15) is 14.4 Å². The van der Waals surface area contributed by atoms with Gasteiger partial charge in [-0.25, -0.2) is 0 Å². The number of allylic oxidation sites excluding steroid dienone is 32. The molecule has 0 N–H and O–H groups in total. The molecule has 0 aliphatic carbocycles. The lowest BCUT2D eigenvalue weighted by Crippen LogP contribution is -2.30. The molecule has 0 heterocycles. The first-order valence-electron chi connectivity index (χ1n) is 31.9. The van der Waals surface area contributed by atoms with Gasteiger partial charge in [-0.1, -0.05) is 267 Å². The molecule has 450 valence electrons. The van der Waals surface area contributed by atoms with Crippen LogP contribution in [0, 0.1) is 0 Å². The highest BCUT2D eigenvalue weighted by Gasteiger charge is 2.19. The first-order chi connectivity index (χ1) is 40.0. The number of unbranched alkanes of at least 4 members (excludes halogenated alkanes) is 12. The van der Waals surface area contributed by atoms with Crippen LogP contribution in [0.1, 0.15) is 239 Å². The van der Waals surface area contributed by atoms with Crippen LogP contribution in [-0.4, -0.2) is 37.2 Å². The average Bonchev–Trinajstić information content (AvgIpc) is 3.46. The van der Waals surface area contributed by atoms with Gasteiger partial charge in [0.2, 0.25) is 0 Å². The first-order valence-corrected chi connectivity index (χ1v) is 31.9. The number of esters is 3. The summed E-state index contributed by atoms with van der Waals surface area (Å²) in [6.45, 7) is 6.19. The van der Waals surface area contributed by atoms with E-state index in [0.29, 0.717) is 19.3 Å². The Bertz CT molecular complexity index is 1950. The van der Waals surface area contributed by atoms with Gasteiger partial charge in [0.25, 0.3) is 0 Å². The molecule has 0 aromatic carbocycles. The Balaban J connectivity index is 4.43. The maximum Gasteiger partial charge on any atom is 0.306 e. The van der Waals surface area contributed by atoms with Crippen LogP contribution in [-0.2, 0) is 28.6 Å². The number of hydrogen-bond acceptors (Lipinski definition) is 6. The van der Waals surface area contributed by atoms with Gasteiger partial charge in [0, 0.05) is 19.3 Å². The lowest BCUT2D eigenvalue weighted by molar-refractivity contribution is -0.166. The Morgan fingerprint density at radius 3 is 0.753 bits per heavy atom. The zero-order valence-electron chi connectivity index (χ0n) is 51.5. The molecule has 0 saturated heterocycles. The van der Waals surface area contributed by atoms with Crippen LogP contribution >= 0.6 is 0 Å². The number of hydrogen-bond donors (Lipinski definition) is 0. The molecule has 1 unspecified atom stereocenters. The van der Waals surface area contributed by atoms with E-state index in [-0.39, 0.29) is 31.6 Å². The van der Waals surface area contributed by atoms with Crippen molar-refractivity contribution in [1.29, 1.82) is 0 Å². The molecule has 0 amide bonds. The average molecular weight is 1110 g/mol. The summed E-state index contributed by atoms with van der Waals surface area (Å²) in [4.78, 5) is 38.2. The van der Waals surface area contributed by atoms with Gasteiger partial charge < -0.3 is 14.2 Å². The van der Waals surface area contributed by atoms with Crippen molar-refractivity contribution in [3.05, 3.63) is 194 Å². The summed E-state index contributed by atoms with van der Waals surface area (Å²) in [5, 5.41) is 0. The lowest BCUT2D eigenvalue weighted by Gasteiger charge is -2.18. The Labute approximate surface area is 497 Å². The molecule has 0 aliphatic heterocycles. The molecule has 81 heavy (non-hydrogen) atoms. The van der Waals surface area contributed by atoms with Crippen LogP contribution in [0.4, 0.5) is 0 Å². The van der Waals surface area contributed by atoms with Crippen molar-refractivity contribution in [2.24, 2.45) is 0 Å². The third kappa shape index (κ3) is 64.9. The first kappa shape index (κ1) is 75.2. The van der Waals surface area contributed by atoms with Gasteiger partial charge in [0.15, 0.2) is 6.10 Å². The van der Waals surface area contributed by atoms with E-state index < -0.39 is 12.1 Å².